The molecule has 1 aliphatic rings. The summed E-state index contributed by atoms with van der Waals surface area (Å²) >= 11 is 3.39. The summed E-state index contributed by atoms with van der Waals surface area (Å²) in [6.07, 6.45) is 1.28. The van der Waals surface area contributed by atoms with Crippen molar-refractivity contribution in [2.45, 2.75) is 19.8 Å². The molecule has 1 unspecified atom stereocenters. The molecule has 0 amide bonds. The Morgan fingerprint density at radius 3 is 2.71 bits per heavy atom. The molecule has 0 aliphatic heterocycles. The first kappa shape index (κ1) is 9.71. The average molecular weight is 255 g/mol. The molecule has 0 bridgehead atoms. The number of halogens is 1. The van der Waals surface area contributed by atoms with Gasteiger partial charge >= 0.3 is 5.97 Å². The lowest BCUT2D eigenvalue weighted by Gasteiger charge is -2.16. The van der Waals surface area contributed by atoms with Crippen molar-refractivity contribution in [3.05, 3.63) is 33.8 Å². The molecule has 0 radical (unpaired) electrons. The summed E-state index contributed by atoms with van der Waals surface area (Å²) in [6.45, 7) is 1.81. The van der Waals surface area contributed by atoms with E-state index in [1.54, 1.807) is 0 Å². The maximum absolute atomic E-state index is 11.1. The first-order valence-electron chi connectivity index (χ1n) is 4.52. The minimum Gasteiger partial charge on any atom is -0.481 e. The van der Waals surface area contributed by atoms with Crippen molar-refractivity contribution in [1.29, 1.82) is 0 Å². The number of aliphatic carboxylic acids is 1. The Hall–Kier alpha value is -0.830. The number of carboxylic acid groups (broad SMARTS) is 1. The molecule has 0 saturated carbocycles. The molecule has 2 nitrogen and oxygen atoms in total. The van der Waals surface area contributed by atoms with E-state index in [2.05, 4.69) is 15.9 Å². The third-order valence-corrected chi connectivity index (χ3v) is 3.34. The average Bonchev–Trinajstić information content (AvgIpc) is 2.42. The topological polar surface area (TPSA) is 37.3 Å². The molecule has 3 heteroatoms. The molecule has 0 spiro atoms. The van der Waals surface area contributed by atoms with Gasteiger partial charge in [0.05, 0.1) is 5.41 Å². The third kappa shape index (κ3) is 1.46. The van der Waals surface area contributed by atoms with E-state index in [4.69, 9.17) is 5.11 Å². The highest BCUT2D eigenvalue weighted by Gasteiger charge is 2.39. The third-order valence-electron chi connectivity index (χ3n) is 2.85. The van der Waals surface area contributed by atoms with Crippen LogP contribution in [0.5, 0.6) is 0 Å². The fourth-order valence-corrected chi connectivity index (χ4v) is 2.39. The Bertz CT molecular complexity index is 400. The molecule has 0 saturated heterocycles. The Balaban J connectivity index is 2.39. The van der Waals surface area contributed by atoms with Crippen LogP contribution in [0.1, 0.15) is 18.1 Å². The van der Waals surface area contributed by atoms with Crippen molar-refractivity contribution < 1.29 is 9.90 Å². The predicted octanol–water partition coefficient (Wildman–Crippen LogP) is 2.64. The first-order chi connectivity index (χ1) is 6.51. The molecular formula is C11H11BrO2. The maximum atomic E-state index is 11.1. The standard InChI is InChI=1S/C11H11BrO2/c1-11(10(13)14)5-7-2-3-9(12)4-8(7)6-11/h2-4H,5-6H2,1H3,(H,13,14). The number of fused-ring (bicyclic) bond motifs is 1. The minimum atomic E-state index is -0.704. The molecule has 1 atom stereocenters. The van der Waals surface area contributed by atoms with E-state index in [1.165, 1.54) is 0 Å². The predicted molar refractivity (Wildman–Crippen MR) is 57.3 cm³/mol. The van der Waals surface area contributed by atoms with Crippen LogP contribution in [-0.2, 0) is 17.6 Å². The van der Waals surface area contributed by atoms with Gasteiger partial charge in [0, 0.05) is 4.47 Å². The quantitative estimate of drug-likeness (QED) is 0.837. The number of benzene rings is 1. The van der Waals surface area contributed by atoms with E-state index in [0.29, 0.717) is 12.8 Å². The largest absolute Gasteiger partial charge is 0.481 e. The molecule has 1 aromatic rings. The zero-order chi connectivity index (χ0) is 10.3. The monoisotopic (exact) mass is 254 g/mol. The Labute approximate surface area is 91.1 Å². The van der Waals surface area contributed by atoms with Crippen LogP contribution in [0.2, 0.25) is 0 Å². The molecule has 1 aliphatic carbocycles. The summed E-state index contributed by atoms with van der Waals surface area (Å²) in [4.78, 5) is 11.1. The molecule has 2 rings (SSSR count). The first-order valence-corrected chi connectivity index (χ1v) is 5.31. The van der Waals surface area contributed by atoms with Crippen LogP contribution < -0.4 is 0 Å². The van der Waals surface area contributed by atoms with E-state index in [0.717, 1.165) is 15.6 Å². The van der Waals surface area contributed by atoms with Gasteiger partial charge in [0.2, 0.25) is 0 Å². The molecule has 0 heterocycles. The smallest absolute Gasteiger partial charge is 0.310 e. The fraction of sp³-hybridized carbons (Fsp3) is 0.364. The lowest BCUT2D eigenvalue weighted by molar-refractivity contribution is -0.147. The van der Waals surface area contributed by atoms with Crippen LogP contribution in [-0.4, -0.2) is 11.1 Å². The van der Waals surface area contributed by atoms with E-state index < -0.39 is 11.4 Å². The fourth-order valence-electron chi connectivity index (χ4n) is 1.99. The van der Waals surface area contributed by atoms with Gasteiger partial charge in [-0.3, -0.25) is 4.79 Å². The number of hydrogen-bond donors (Lipinski definition) is 1. The number of rotatable bonds is 1. The van der Waals surface area contributed by atoms with Gasteiger partial charge in [-0.2, -0.15) is 0 Å². The van der Waals surface area contributed by atoms with Gasteiger partial charge in [0.1, 0.15) is 0 Å². The van der Waals surface area contributed by atoms with Crippen molar-refractivity contribution in [3.8, 4) is 0 Å². The summed E-state index contributed by atoms with van der Waals surface area (Å²) in [6, 6.07) is 5.99. The van der Waals surface area contributed by atoms with Crippen molar-refractivity contribution in [1.82, 2.24) is 0 Å². The molecule has 1 N–H and O–H groups in total. The minimum absolute atomic E-state index is 0.608. The van der Waals surface area contributed by atoms with Crippen LogP contribution in [0.3, 0.4) is 0 Å². The second-order valence-corrected chi connectivity index (χ2v) is 5.05. The summed E-state index contributed by atoms with van der Waals surface area (Å²) in [7, 11) is 0. The Morgan fingerprint density at radius 1 is 1.43 bits per heavy atom. The normalized spacial score (nSPS) is 24.7. The molecule has 1 aromatic carbocycles. The number of carboxylic acids is 1. The van der Waals surface area contributed by atoms with Crippen molar-refractivity contribution >= 4 is 21.9 Å². The highest BCUT2D eigenvalue weighted by Crippen LogP contribution is 2.37. The zero-order valence-corrected chi connectivity index (χ0v) is 9.47. The maximum Gasteiger partial charge on any atom is 0.310 e. The molecule has 14 heavy (non-hydrogen) atoms. The van der Waals surface area contributed by atoms with Crippen LogP contribution in [0.15, 0.2) is 22.7 Å². The zero-order valence-electron chi connectivity index (χ0n) is 7.88. The van der Waals surface area contributed by atoms with E-state index in [9.17, 15) is 4.79 Å². The summed E-state index contributed by atoms with van der Waals surface area (Å²) in [5.41, 5.74) is 1.71. The number of hydrogen-bond acceptors (Lipinski definition) is 1. The molecular weight excluding hydrogens is 244 g/mol. The second-order valence-electron chi connectivity index (χ2n) is 4.13. The highest BCUT2D eigenvalue weighted by atomic mass is 79.9. The van der Waals surface area contributed by atoms with Crippen LogP contribution in [0.4, 0.5) is 0 Å². The Morgan fingerprint density at radius 2 is 2.07 bits per heavy atom. The lowest BCUT2D eigenvalue weighted by atomic mass is 9.88. The molecule has 0 aromatic heterocycles. The molecule has 0 fully saturated rings. The Kier molecular flexibility index (Phi) is 2.14. The van der Waals surface area contributed by atoms with Gasteiger partial charge in [-0.15, -0.1) is 0 Å². The SMILES string of the molecule is CC1(C(=O)O)Cc2ccc(Br)cc2C1. The summed E-state index contributed by atoms with van der Waals surface area (Å²) < 4.78 is 1.02. The highest BCUT2D eigenvalue weighted by molar-refractivity contribution is 9.10. The second kappa shape index (κ2) is 3.09. The van der Waals surface area contributed by atoms with Crippen LogP contribution in [0, 0.1) is 5.41 Å². The van der Waals surface area contributed by atoms with Crippen molar-refractivity contribution in [2.24, 2.45) is 5.41 Å². The van der Waals surface area contributed by atoms with Crippen LogP contribution in [0.25, 0.3) is 0 Å². The summed E-state index contributed by atoms with van der Waals surface area (Å²) in [5.74, 6) is -0.704. The van der Waals surface area contributed by atoms with E-state index in [-0.39, 0.29) is 0 Å². The summed E-state index contributed by atoms with van der Waals surface area (Å²) in [5, 5.41) is 9.10. The van der Waals surface area contributed by atoms with E-state index >= 15 is 0 Å². The van der Waals surface area contributed by atoms with Crippen molar-refractivity contribution in [2.75, 3.05) is 0 Å². The van der Waals surface area contributed by atoms with Gasteiger partial charge in [-0.25, -0.2) is 0 Å². The van der Waals surface area contributed by atoms with Gasteiger partial charge < -0.3 is 5.11 Å². The van der Waals surface area contributed by atoms with Crippen LogP contribution >= 0.6 is 15.9 Å². The van der Waals surface area contributed by atoms with E-state index in [1.807, 2.05) is 25.1 Å². The van der Waals surface area contributed by atoms with Gasteiger partial charge in [0.25, 0.3) is 0 Å². The number of carbonyl (C=O) groups is 1. The van der Waals surface area contributed by atoms with Gasteiger partial charge in [-0.1, -0.05) is 22.0 Å². The lowest BCUT2D eigenvalue weighted by Crippen LogP contribution is -2.27. The molecule has 74 valence electrons. The van der Waals surface area contributed by atoms with Gasteiger partial charge in [-0.05, 0) is 43.0 Å². The van der Waals surface area contributed by atoms with Crippen molar-refractivity contribution in [3.63, 3.8) is 0 Å². The van der Waals surface area contributed by atoms with Gasteiger partial charge in [0.15, 0.2) is 0 Å².